The Morgan fingerprint density at radius 2 is 1.93 bits per heavy atom. The van der Waals surface area contributed by atoms with E-state index in [2.05, 4.69) is 46.8 Å². The van der Waals surface area contributed by atoms with E-state index in [0.29, 0.717) is 5.41 Å². The van der Waals surface area contributed by atoms with Gasteiger partial charge in [0, 0.05) is 37.7 Å². The van der Waals surface area contributed by atoms with Crippen LogP contribution in [0.2, 0.25) is 0 Å². The van der Waals surface area contributed by atoms with Crippen molar-refractivity contribution in [3.05, 3.63) is 40.9 Å². The van der Waals surface area contributed by atoms with Gasteiger partial charge in [0.25, 0.3) is 0 Å². The van der Waals surface area contributed by atoms with Crippen molar-refractivity contribution in [1.29, 1.82) is 0 Å². The van der Waals surface area contributed by atoms with Crippen molar-refractivity contribution in [3.8, 4) is 10.6 Å². The number of methoxy groups -OCH3 is 1. The highest BCUT2D eigenvalue weighted by Crippen LogP contribution is 2.40. The molecule has 1 aliphatic rings. The van der Waals surface area contributed by atoms with Gasteiger partial charge in [0.15, 0.2) is 5.96 Å². The molecule has 1 fully saturated rings. The van der Waals surface area contributed by atoms with Gasteiger partial charge in [0.05, 0.1) is 12.2 Å². The summed E-state index contributed by atoms with van der Waals surface area (Å²) in [6.07, 6.45) is 6.30. The number of hydrogen-bond donors (Lipinski definition) is 2. The van der Waals surface area contributed by atoms with Gasteiger partial charge >= 0.3 is 0 Å². The van der Waals surface area contributed by atoms with Crippen molar-refractivity contribution < 1.29 is 4.74 Å². The first-order valence-corrected chi connectivity index (χ1v) is 10.9. The summed E-state index contributed by atoms with van der Waals surface area (Å²) in [5.74, 6) is 0.859. The number of nitrogens with zero attached hydrogens (tertiary/aromatic N) is 2. The molecule has 2 aromatic rings. The Labute approximate surface area is 195 Å². The molecule has 0 amide bonds. The molecule has 2 N–H and O–H groups in total. The van der Waals surface area contributed by atoms with E-state index >= 15 is 0 Å². The maximum atomic E-state index is 5.34. The smallest absolute Gasteiger partial charge is 0.191 e. The van der Waals surface area contributed by atoms with E-state index in [1.54, 1.807) is 18.4 Å². The van der Waals surface area contributed by atoms with E-state index in [1.807, 2.05) is 13.1 Å². The molecule has 29 heavy (non-hydrogen) atoms. The average Bonchev–Trinajstić information content (AvgIpc) is 3.34. The molecule has 5 nitrogen and oxygen atoms in total. The number of ether oxygens (including phenoxy) is 1. The number of aromatic nitrogens is 1. The number of rotatable bonds is 8. The van der Waals surface area contributed by atoms with E-state index in [1.165, 1.54) is 36.1 Å². The van der Waals surface area contributed by atoms with Crippen LogP contribution in [0.25, 0.3) is 10.6 Å². The summed E-state index contributed by atoms with van der Waals surface area (Å²) in [5.41, 5.74) is 2.60. The van der Waals surface area contributed by atoms with Crippen molar-refractivity contribution in [3.63, 3.8) is 0 Å². The number of halogens is 1. The van der Waals surface area contributed by atoms with Gasteiger partial charge in [-0.1, -0.05) is 43.2 Å². The molecule has 1 heterocycles. The van der Waals surface area contributed by atoms with Crippen LogP contribution in [0.1, 0.15) is 42.7 Å². The second kappa shape index (κ2) is 11.9. The molecule has 7 heteroatoms. The maximum absolute atomic E-state index is 5.34. The molecule has 3 rings (SSSR count). The van der Waals surface area contributed by atoms with E-state index in [0.717, 1.165) is 42.8 Å². The SMILES string of the molecule is CN=C(NCc1sc(-c2ccccc2)nc1C)NCC1(CCOC)CCCC1.I. The van der Waals surface area contributed by atoms with Crippen molar-refractivity contribution in [2.75, 3.05) is 27.3 Å². The van der Waals surface area contributed by atoms with Crippen LogP contribution in [-0.2, 0) is 11.3 Å². The average molecular weight is 529 g/mol. The highest BCUT2D eigenvalue weighted by molar-refractivity contribution is 14.0. The van der Waals surface area contributed by atoms with Gasteiger partial charge in [-0.25, -0.2) is 4.98 Å². The fourth-order valence-corrected chi connectivity index (χ4v) is 4.92. The van der Waals surface area contributed by atoms with Gasteiger partial charge in [-0.15, -0.1) is 35.3 Å². The molecule has 1 aromatic heterocycles. The Kier molecular flexibility index (Phi) is 9.85. The van der Waals surface area contributed by atoms with Crippen LogP contribution in [0, 0.1) is 12.3 Å². The second-order valence-corrected chi connectivity index (χ2v) is 8.71. The van der Waals surface area contributed by atoms with Crippen LogP contribution < -0.4 is 10.6 Å². The molecule has 0 atom stereocenters. The van der Waals surface area contributed by atoms with E-state index in [-0.39, 0.29) is 24.0 Å². The Balaban J connectivity index is 0.00000300. The first-order chi connectivity index (χ1) is 13.7. The lowest BCUT2D eigenvalue weighted by Crippen LogP contribution is -2.43. The normalized spacial score (nSPS) is 15.8. The minimum Gasteiger partial charge on any atom is -0.385 e. The van der Waals surface area contributed by atoms with Gasteiger partial charge < -0.3 is 15.4 Å². The third-order valence-electron chi connectivity index (χ3n) is 5.68. The van der Waals surface area contributed by atoms with Crippen LogP contribution in [-0.4, -0.2) is 38.3 Å². The highest BCUT2D eigenvalue weighted by Gasteiger charge is 2.33. The van der Waals surface area contributed by atoms with Gasteiger partial charge in [-0.2, -0.15) is 0 Å². The molecule has 0 bridgehead atoms. The molecule has 0 radical (unpaired) electrons. The van der Waals surface area contributed by atoms with E-state index < -0.39 is 0 Å². The van der Waals surface area contributed by atoms with Crippen molar-refractivity contribution in [1.82, 2.24) is 15.6 Å². The predicted octanol–water partition coefficient (Wildman–Crippen LogP) is 5.00. The number of aryl methyl sites for hydroxylation is 1. The zero-order chi connectivity index (χ0) is 19.8. The predicted molar refractivity (Wildman–Crippen MR) is 133 cm³/mol. The molecule has 0 unspecified atom stereocenters. The molecule has 160 valence electrons. The summed E-state index contributed by atoms with van der Waals surface area (Å²) in [6.45, 7) is 4.60. The molecule has 0 saturated heterocycles. The lowest BCUT2D eigenvalue weighted by atomic mass is 9.83. The topological polar surface area (TPSA) is 58.5 Å². The lowest BCUT2D eigenvalue weighted by molar-refractivity contribution is 0.138. The van der Waals surface area contributed by atoms with Crippen LogP contribution in [0.15, 0.2) is 35.3 Å². The van der Waals surface area contributed by atoms with Crippen molar-refractivity contribution in [2.45, 2.75) is 45.6 Å². The first-order valence-electron chi connectivity index (χ1n) is 10.1. The summed E-state index contributed by atoms with van der Waals surface area (Å²) in [5, 5.41) is 8.10. The summed E-state index contributed by atoms with van der Waals surface area (Å²) in [6, 6.07) is 10.4. The largest absolute Gasteiger partial charge is 0.385 e. The van der Waals surface area contributed by atoms with Crippen LogP contribution in [0.5, 0.6) is 0 Å². The minimum absolute atomic E-state index is 0. The van der Waals surface area contributed by atoms with Crippen LogP contribution >= 0.6 is 35.3 Å². The zero-order valence-corrected chi connectivity index (χ0v) is 20.8. The highest BCUT2D eigenvalue weighted by atomic mass is 127. The van der Waals surface area contributed by atoms with Crippen LogP contribution in [0.4, 0.5) is 0 Å². The minimum atomic E-state index is 0. The van der Waals surface area contributed by atoms with Crippen molar-refractivity contribution in [2.24, 2.45) is 10.4 Å². The molecule has 1 saturated carbocycles. The lowest BCUT2D eigenvalue weighted by Gasteiger charge is -2.29. The van der Waals surface area contributed by atoms with Crippen molar-refractivity contribution >= 4 is 41.3 Å². The number of nitrogens with one attached hydrogen (secondary N) is 2. The van der Waals surface area contributed by atoms with Crippen LogP contribution in [0.3, 0.4) is 0 Å². The Bertz CT molecular complexity index is 772. The molecule has 1 aromatic carbocycles. The third-order valence-corrected chi connectivity index (χ3v) is 6.89. The standard InChI is InChI=1S/C22H32N4OS.HI/c1-17-19(28-20(26-17)18-9-5-4-6-10-18)15-24-21(23-2)25-16-22(13-14-27-3)11-7-8-12-22;/h4-6,9-10H,7-8,11-16H2,1-3H3,(H2,23,24,25);1H. The van der Waals surface area contributed by atoms with Gasteiger partial charge in [-0.05, 0) is 31.6 Å². The summed E-state index contributed by atoms with van der Waals surface area (Å²) < 4.78 is 5.34. The first kappa shape index (κ1) is 24.1. The number of benzene rings is 1. The Hall–Kier alpha value is -1.19. The van der Waals surface area contributed by atoms with Gasteiger partial charge in [-0.3, -0.25) is 4.99 Å². The number of guanidine groups is 1. The fraction of sp³-hybridized carbons (Fsp3) is 0.545. The molecule has 1 aliphatic carbocycles. The van der Waals surface area contributed by atoms with Gasteiger partial charge in [0.1, 0.15) is 5.01 Å². The molecule has 0 spiro atoms. The zero-order valence-electron chi connectivity index (χ0n) is 17.7. The number of thiazole rings is 1. The summed E-state index contributed by atoms with van der Waals surface area (Å²) >= 11 is 1.75. The monoisotopic (exact) mass is 528 g/mol. The van der Waals surface area contributed by atoms with E-state index in [4.69, 9.17) is 9.72 Å². The fourth-order valence-electron chi connectivity index (χ4n) is 3.91. The quantitative estimate of drug-likeness (QED) is 0.288. The number of aliphatic imine (C=N–C) groups is 1. The second-order valence-electron chi connectivity index (χ2n) is 7.62. The molecular weight excluding hydrogens is 495 g/mol. The Morgan fingerprint density at radius 3 is 2.59 bits per heavy atom. The third kappa shape index (κ3) is 6.65. The van der Waals surface area contributed by atoms with Gasteiger partial charge in [0.2, 0.25) is 0 Å². The molecule has 0 aliphatic heterocycles. The molecular formula is C22H33IN4OS. The Morgan fingerprint density at radius 1 is 1.21 bits per heavy atom. The summed E-state index contributed by atoms with van der Waals surface area (Å²) in [4.78, 5) is 10.4. The maximum Gasteiger partial charge on any atom is 0.191 e. The van der Waals surface area contributed by atoms with E-state index in [9.17, 15) is 0 Å². The summed E-state index contributed by atoms with van der Waals surface area (Å²) in [7, 11) is 3.62. The number of hydrogen-bond acceptors (Lipinski definition) is 4.